The number of nitrogens with one attached hydrogen (secondary N) is 1. The highest BCUT2D eigenvalue weighted by atomic mass is 19.3. The van der Waals surface area contributed by atoms with Gasteiger partial charge in [-0.05, 0) is 24.9 Å². The quantitative estimate of drug-likeness (QED) is 0.911. The van der Waals surface area contributed by atoms with Crippen LogP contribution >= 0.6 is 0 Å². The fourth-order valence-corrected chi connectivity index (χ4v) is 3.07. The van der Waals surface area contributed by atoms with E-state index in [1.165, 1.54) is 4.90 Å². The fraction of sp³-hybridized carbons (Fsp3) is 0.533. The lowest BCUT2D eigenvalue weighted by molar-refractivity contribution is -0.236. The van der Waals surface area contributed by atoms with E-state index in [0.717, 1.165) is 5.56 Å². The minimum atomic E-state index is -2.84. The van der Waals surface area contributed by atoms with Gasteiger partial charge in [-0.25, -0.2) is 13.6 Å². The minimum absolute atomic E-state index is 0.102. The summed E-state index contributed by atoms with van der Waals surface area (Å²) in [6.07, 6.45) is 0.291. The molecular formula is C15H18F2N2O2. The Balaban J connectivity index is 1.65. The largest absolute Gasteiger partial charge is 0.445 e. The molecule has 2 aliphatic rings. The number of halogens is 2. The Kier molecular flexibility index (Phi) is 3.57. The summed E-state index contributed by atoms with van der Waals surface area (Å²) in [5, 5.41) is 2.96. The number of carbonyl (C=O) groups excluding carboxylic acids is 1. The van der Waals surface area contributed by atoms with Gasteiger partial charge in [0.2, 0.25) is 0 Å². The normalized spacial score (nSPS) is 27.2. The average Bonchev–Trinajstić information content (AvgIpc) is 2.52. The van der Waals surface area contributed by atoms with Gasteiger partial charge in [0.15, 0.2) is 0 Å². The molecule has 0 aliphatic carbocycles. The third-order valence-electron chi connectivity index (χ3n) is 4.34. The molecule has 1 aromatic carbocycles. The predicted molar refractivity (Wildman–Crippen MR) is 73.1 cm³/mol. The van der Waals surface area contributed by atoms with E-state index in [1.54, 1.807) is 0 Å². The first-order chi connectivity index (χ1) is 10.1. The van der Waals surface area contributed by atoms with Crippen LogP contribution in [0.3, 0.4) is 0 Å². The average molecular weight is 296 g/mol. The van der Waals surface area contributed by atoms with E-state index in [9.17, 15) is 13.6 Å². The van der Waals surface area contributed by atoms with Crippen LogP contribution in [0.15, 0.2) is 30.3 Å². The van der Waals surface area contributed by atoms with Crippen molar-refractivity contribution in [3.05, 3.63) is 35.9 Å². The molecule has 0 unspecified atom stereocenters. The highest BCUT2D eigenvalue weighted by molar-refractivity contribution is 5.71. The predicted octanol–water partition coefficient (Wildman–Crippen LogP) is 2.40. The van der Waals surface area contributed by atoms with Gasteiger partial charge >= 0.3 is 6.09 Å². The molecule has 2 saturated heterocycles. The van der Waals surface area contributed by atoms with Crippen LogP contribution in [-0.2, 0) is 11.3 Å². The molecule has 0 radical (unpaired) electrons. The van der Waals surface area contributed by atoms with Gasteiger partial charge in [0.05, 0.1) is 6.54 Å². The van der Waals surface area contributed by atoms with Crippen LogP contribution in [0.5, 0.6) is 0 Å². The maximum absolute atomic E-state index is 14.0. The molecule has 0 aromatic heterocycles. The van der Waals surface area contributed by atoms with Crippen molar-refractivity contribution < 1.29 is 18.3 Å². The van der Waals surface area contributed by atoms with Gasteiger partial charge < -0.3 is 10.1 Å². The van der Waals surface area contributed by atoms with Crippen molar-refractivity contribution >= 4 is 6.09 Å². The summed E-state index contributed by atoms with van der Waals surface area (Å²) in [5.74, 6) is -2.84. The number of hydrogen-bond acceptors (Lipinski definition) is 3. The van der Waals surface area contributed by atoms with E-state index in [0.29, 0.717) is 19.4 Å². The second-order valence-corrected chi connectivity index (χ2v) is 5.64. The Morgan fingerprint density at radius 2 is 2.10 bits per heavy atom. The summed E-state index contributed by atoms with van der Waals surface area (Å²) in [5.41, 5.74) is -0.562. The van der Waals surface area contributed by atoms with Gasteiger partial charge in [-0.3, -0.25) is 4.90 Å². The molecule has 0 bridgehead atoms. The smallest absolute Gasteiger partial charge is 0.411 e. The number of carbonyl (C=O) groups is 1. The van der Waals surface area contributed by atoms with Crippen molar-refractivity contribution in [2.45, 2.75) is 30.9 Å². The second-order valence-electron chi connectivity index (χ2n) is 5.64. The Morgan fingerprint density at radius 1 is 1.33 bits per heavy atom. The van der Waals surface area contributed by atoms with Crippen LogP contribution in [0, 0.1) is 0 Å². The SMILES string of the molecule is O=C(OCc1ccccc1)N1CC(F)(F)[C@]12CCCNC2. The number of rotatable bonds is 2. The summed E-state index contributed by atoms with van der Waals surface area (Å²) in [4.78, 5) is 13.3. The number of ether oxygens (including phenoxy) is 1. The first-order valence-electron chi connectivity index (χ1n) is 7.12. The highest BCUT2D eigenvalue weighted by Crippen LogP contribution is 2.48. The molecule has 3 rings (SSSR count). The van der Waals surface area contributed by atoms with Gasteiger partial charge in [-0.15, -0.1) is 0 Å². The lowest BCUT2D eigenvalue weighted by atomic mass is 9.75. The van der Waals surface area contributed by atoms with Gasteiger partial charge in [0.25, 0.3) is 5.92 Å². The molecule has 1 N–H and O–H groups in total. The maximum Gasteiger partial charge on any atom is 0.411 e. The molecule has 4 nitrogen and oxygen atoms in total. The zero-order chi connectivity index (χ0) is 14.9. The molecule has 0 saturated carbocycles. The molecule has 2 heterocycles. The molecule has 6 heteroatoms. The number of nitrogens with zero attached hydrogens (tertiary/aromatic N) is 1. The topological polar surface area (TPSA) is 41.6 Å². The van der Waals surface area contributed by atoms with Gasteiger partial charge in [-0.1, -0.05) is 30.3 Å². The lowest BCUT2D eigenvalue weighted by Crippen LogP contribution is -2.80. The number of alkyl halides is 2. The highest BCUT2D eigenvalue weighted by Gasteiger charge is 2.69. The van der Waals surface area contributed by atoms with Gasteiger partial charge in [-0.2, -0.15) is 0 Å². The number of amides is 1. The molecule has 1 spiro atoms. The number of hydrogen-bond donors (Lipinski definition) is 1. The summed E-state index contributed by atoms with van der Waals surface area (Å²) >= 11 is 0. The third-order valence-corrected chi connectivity index (χ3v) is 4.34. The molecule has 1 aromatic rings. The van der Waals surface area contributed by atoms with Crippen molar-refractivity contribution in [3.63, 3.8) is 0 Å². The van der Waals surface area contributed by atoms with Gasteiger partial charge in [0.1, 0.15) is 12.1 Å². The summed E-state index contributed by atoms with van der Waals surface area (Å²) in [7, 11) is 0. The summed E-state index contributed by atoms with van der Waals surface area (Å²) in [6.45, 7) is 0.388. The van der Waals surface area contributed by atoms with Crippen molar-refractivity contribution in [2.75, 3.05) is 19.6 Å². The molecule has 1 amide bonds. The van der Waals surface area contributed by atoms with E-state index in [1.807, 2.05) is 30.3 Å². The van der Waals surface area contributed by atoms with Crippen molar-refractivity contribution in [1.82, 2.24) is 10.2 Å². The van der Waals surface area contributed by atoms with Crippen LogP contribution in [0.1, 0.15) is 18.4 Å². The number of benzene rings is 1. The van der Waals surface area contributed by atoms with E-state index in [2.05, 4.69) is 5.32 Å². The van der Waals surface area contributed by atoms with Crippen LogP contribution in [0.25, 0.3) is 0 Å². The Labute approximate surface area is 122 Å². The fourth-order valence-electron chi connectivity index (χ4n) is 3.07. The minimum Gasteiger partial charge on any atom is -0.445 e. The van der Waals surface area contributed by atoms with Crippen molar-refractivity contribution in [3.8, 4) is 0 Å². The number of likely N-dealkylation sites (tertiary alicyclic amines) is 1. The molecule has 114 valence electrons. The molecular weight excluding hydrogens is 278 g/mol. The Morgan fingerprint density at radius 3 is 2.71 bits per heavy atom. The number of piperidine rings is 1. The van der Waals surface area contributed by atoms with E-state index in [-0.39, 0.29) is 13.2 Å². The van der Waals surface area contributed by atoms with Crippen molar-refractivity contribution in [1.29, 1.82) is 0 Å². The molecule has 1 atom stereocenters. The Bertz CT molecular complexity index is 516. The first kappa shape index (κ1) is 14.3. The van der Waals surface area contributed by atoms with Crippen LogP contribution < -0.4 is 5.32 Å². The zero-order valence-electron chi connectivity index (χ0n) is 11.6. The van der Waals surface area contributed by atoms with Crippen molar-refractivity contribution in [2.24, 2.45) is 0 Å². The molecule has 2 fully saturated rings. The monoisotopic (exact) mass is 296 g/mol. The van der Waals surface area contributed by atoms with E-state index in [4.69, 9.17) is 4.74 Å². The first-order valence-corrected chi connectivity index (χ1v) is 7.12. The van der Waals surface area contributed by atoms with E-state index < -0.39 is 24.1 Å². The third kappa shape index (κ3) is 2.37. The van der Waals surface area contributed by atoms with E-state index >= 15 is 0 Å². The summed E-state index contributed by atoms with van der Waals surface area (Å²) in [6, 6.07) is 9.21. The van der Waals surface area contributed by atoms with Crippen LogP contribution in [0.2, 0.25) is 0 Å². The molecule has 21 heavy (non-hydrogen) atoms. The summed E-state index contributed by atoms with van der Waals surface area (Å²) < 4.78 is 33.1. The van der Waals surface area contributed by atoms with Crippen LogP contribution in [0.4, 0.5) is 13.6 Å². The lowest BCUT2D eigenvalue weighted by Gasteiger charge is -2.58. The standard InChI is InChI=1S/C15H18F2N2O2/c16-15(17)11-19(14(15)7-4-8-18-10-14)13(20)21-9-12-5-2-1-3-6-12/h1-3,5-6,18H,4,7-11H2/t14-/m1/s1. The second kappa shape index (κ2) is 5.26. The zero-order valence-corrected chi connectivity index (χ0v) is 11.6. The maximum atomic E-state index is 14.0. The Hall–Kier alpha value is -1.69. The van der Waals surface area contributed by atoms with Gasteiger partial charge in [0, 0.05) is 6.54 Å². The molecule has 2 aliphatic heterocycles. The van der Waals surface area contributed by atoms with Crippen LogP contribution in [-0.4, -0.2) is 42.1 Å².